The highest BCUT2D eigenvalue weighted by Gasteiger charge is 2.60. The molecule has 0 saturated heterocycles. The topological polar surface area (TPSA) is 65.6 Å². The lowest BCUT2D eigenvalue weighted by atomic mass is 9.79. The van der Waals surface area contributed by atoms with Crippen LogP contribution in [-0.4, -0.2) is 41.9 Å². The van der Waals surface area contributed by atoms with Crippen LogP contribution >= 0.6 is 0 Å². The lowest BCUT2D eigenvalue weighted by molar-refractivity contribution is -0.145. The number of ether oxygens (including phenoxy) is 1. The van der Waals surface area contributed by atoms with E-state index in [9.17, 15) is 9.59 Å². The Labute approximate surface area is 200 Å². The molecular formula is C28H33N3O3. The third-order valence-corrected chi connectivity index (χ3v) is 7.30. The van der Waals surface area contributed by atoms with Crippen molar-refractivity contribution in [2.75, 3.05) is 25.1 Å². The summed E-state index contributed by atoms with van der Waals surface area (Å²) < 4.78 is 5.49. The van der Waals surface area contributed by atoms with Gasteiger partial charge in [-0.1, -0.05) is 39.0 Å². The SMILES string of the molecule is CCCC(=O)N1CCc2c([nH]c3ccc(OC)cc23)[C@]12C(=O)N(CCC(C)C)c1ccccc12. The first kappa shape index (κ1) is 22.5. The van der Waals surface area contributed by atoms with E-state index >= 15 is 0 Å². The highest BCUT2D eigenvalue weighted by molar-refractivity contribution is 6.12. The number of nitrogens with one attached hydrogen (secondary N) is 1. The Bertz CT molecular complexity index is 1260. The van der Waals surface area contributed by atoms with Crippen molar-refractivity contribution in [3.8, 4) is 5.75 Å². The maximum Gasteiger partial charge on any atom is 0.263 e. The van der Waals surface area contributed by atoms with Crippen LogP contribution in [0.3, 0.4) is 0 Å². The van der Waals surface area contributed by atoms with Gasteiger partial charge in [0.15, 0.2) is 5.54 Å². The standard InChI is InChI=1S/C28H33N3O3/c1-5-8-25(32)31-16-14-20-21-17-19(34-4)11-12-23(21)29-26(20)28(31)22-9-6-7-10-24(22)30(27(28)33)15-13-18(2)3/h6-7,9-12,17-18,29H,5,8,13-16H2,1-4H3/t28-/m1/s1. The molecule has 0 saturated carbocycles. The molecule has 3 heterocycles. The first-order valence-electron chi connectivity index (χ1n) is 12.3. The zero-order valence-corrected chi connectivity index (χ0v) is 20.5. The molecular weight excluding hydrogens is 426 g/mol. The largest absolute Gasteiger partial charge is 0.497 e. The van der Waals surface area contributed by atoms with Gasteiger partial charge in [-0.25, -0.2) is 0 Å². The molecule has 1 N–H and O–H groups in total. The van der Waals surface area contributed by atoms with Gasteiger partial charge in [0.2, 0.25) is 5.91 Å². The second-order valence-corrected chi connectivity index (χ2v) is 9.80. The lowest BCUT2D eigenvalue weighted by Gasteiger charge is -2.43. The lowest BCUT2D eigenvalue weighted by Crippen LogP contribution is -2.59. The fraction of sp³-hybridized carbons (Fsp3) is 0.429. The zero-order valence-electron chi connectivity index (χ0n) is 20.5. The second-order valence-electron chi connectivity index (χ2n) is 9.80. The molecule has 6 nitrogen and oxygen atoms in total. The van der Waals surface area contributed by atoms with Crippen LogP contribution in [0.5, 0.6) is 5.75 Å². The Morgan fingerprint density at radius 1 is 1.21 bits per heavy atom. The van der Waals surface area contributed by atoms with Gasteiger partial charge >= 0.3 is 0 Å². The summed E-state index contributed by atoms with van der Waals surface area (Å²) in [5.41, 5.74) is 3.53. The number of aromatic nitrogens is 1. The van der Waals surface area contributed by atoms with Gasteiger partial charge in [-0.3, -0.25) is 9.59 Å². The van der Waals surface area contributed by atoms with Gasteiger partial charge in [0.25, 0.3) is 5.91 Å². The Morgan fingerprint density at radius 2 is 2.00 bits per heavy atom. The summed E-state index contributed by atoms with van der Waals surface area (Å²) in [5, 5.41) is 1.06. The summed E-state index contributed by atoms with van der Waals surface area (Å²) in [4.78, 5) is 35.4. The molecule has 178 valence electrons. The van der Waals surface area contributed by atoms with E-state index in [1.54, 1.807) is 7.11 Å². The van der Waals surface area contributed by atoms with Crippen molar-refractivity contribution in [2.45, 2.75) is 52.0 Å². The van der Waals surface area contributed by atoms with Gasteiger partial charge in [-0.2, -0.15) is 0 Å². The highest BCUT2D eigenvalue weighted by Crippen LogP contribution is 2.52. The number of benzene rings is 2. The van der Waals surface area contributed by atoms with Crippen molar-refractivity contribution < 1.29 is 14.3 Å². The molecule has 34 heavy (non-hydrogen) atoms. The number of carbonyl (C=O) groups excluding carboxylic acids is 2. The molecule has 1 spiro atoms. The van der Waals surface area contributed by atoms with E-state index in [0.717, 1.165) is 52.0 Å². The molecule has 0 fully saturated rings. The van der Waals surface area contributed by atoms with E-state index in [-0.39, 0.29) is 11.8 Å². The average molecular weight is 460 g/mol. The molecule has 0 aliphatic carbocycles. The third kappa shape index (κ3) is 3.15. The van der Waals surface area contributed by atoms with Gasteiger partial charge in [0, 0.05) is 36.0 Å². The quantitative estimate of drug-likeness (QED) is 0.564. The molecule has 2 amide bonds. The molecule has 2 aromatic carbocycles. The highest BCUT2D eigenvalue weighted by atomic mass is 16.5. The predicted molar refractivity (Wildman–Crippen MR) is 134 cm³/mol. The zero-order chi connectivity index (χ0) is 24.0. The summed E-state index contributed by atoms with van der Waals surface area (Å²) >= 11 is 0. The van der Waals surface area contributed by atoms with Crippen molar-refractivity contribution in [1.29, 1.82) is 0 Å². The number of methoxy groups -OCH3 is 1. The van der Waals surface area contributed by atoms with E-state index < -0.39 is 5.54 Å². The molecule has 1 atom stereocenters. The van der Waals surface area contributed by atoms with Crippen molar-refractivity contribution in [3.63, 3.8) is 0 Å². The molecule has 3 aromatic rings. The maximum absolute atomic E-state index is 14.5. The number of hydrogen-bond donors (Lipinski definition) is 1. The number of para-hydroxylation sites is 1. The number of fused-ring (bicyclic) bond motifs is 6. The van der Waals surface area contributed by atoms with Gasteiger partial charge in [-0.05, 0) is 55.0 Å². The van der Waals surface area contributed by atoms with E-state index in [2.05, 4.69) is 18.8 Å². The predicted octanol–water partition coefficient (Wildman–Crippen LogP) is 5.00. The van der Waals surface area contributed by atoms with Crippen LogP contribution in [0.15, 0.2) is 42.5 Å². The Kier molecular flexibility index (Phi) is 5.62. The van der Waals surface area contributed by atoms with Crippen molar-refractivity contribution in [2.24, 2.45) is 5.92 Å². The summed E-state index contributed by atoms with van der Waals surface area (Å²) in [6.45, 7) is 7.49. The van der Waals surface area contributed by atoms with Gasteiger partial charge in [0.1, 0.15) is 5.75 Å². The third-order valence-electron chi connectivity index (χ3n) is 7.30. The first-order chi connectivity index (χ1) is 16.4. The number of hydrogen-bond acceptors (Lipinski definition) is 3. The fourth-order valence-electron chi connectivity index (χ4n) is 5.66. The second kappa shape index (κ2) is 8.49. The molecule has 5 rings (SSSR count). The molecule has 1 aromatic heterocycles. The average Bonchev–Trinajstić information content (AvgIpc) is 3.32. The van der Waals surface area contributed by atoms with Crippen LogP contribution in [0.4, 0.5) is 5.69 Å². The van der Waals surface area contributed by atoms with E-state index in [1.165, 1.54) is 0 Å². The molecule has 2 aliphatic heterocycles. The monoisotopic (exact) mass is 459 g/mol. The molecule has 0 bridgehead atoms. The van der Waals surface area contributed by atoms with E-state index in [0.29, 0.717) is 31.8 Å². The molecule has 0 unspecified atom stereocenters. The minimum atomic E-state index is -1.17. The molecule has 0 radical (unpaired) electrons. The number of H-pyrrole nitrogens is 1. The Hall–Kier alpha value is -3.28. The Balaban J connectivity index is 1.78. The summed E-state index contributed by atoms with van der Waals surface area (Å²) in [6.07, 6.45) is 2.76. The number of nitrogens with zero attached hydrogens (tertiary/aromatic N) is 2. The summed E-state index contributed by atoms with van der Waals surface area (Å²) in [6, 6.07) is 14.0. The number of anilines is 1. The smallest absolute Gasteiger partial charge is 0.263 e. The molecule has 2 aliphatic rings. The maximum atomic E-state index is 14.5. The van der Waals surface area contributed by atoms with Crippen LogP contribution < -0.4 is 9.64 Å². The van der Waals surface area contributed by atoms with Crippen LogP contribution in [0.1, 0.15) is 56.9 Å². The summed E-state index contributed by atoms with van der Waals surface area (Å²) in [5.74, 6) is 1.25. The Morgan fingerprint density at radius 3 is 2.74 bits per heavy atom. The first-order valence-corrected chi connectivity index (χ1v) is 12.3. The van der Waals surface area contributed by atoms with Crippen molar-refractivity contribution in [3.05, 3.63) is 59.3 Å². The van der Waals surface area contributed by atoms with Gasteiger partial charge in [-0.15, -0.1) is 0 Å². The minimum Gasteiger partial charge on any atom is -0.497 e. The van der Waals surface area contributed by atoms with Crippen LogP contribution in [0, 0.1) is 5.92 Å². The number of rotatable bonds is 6. The van der Waals surface area contributed by atoms with Crippen LogP contribution in [0.2, 0.25) is 0 Å². The molecule has 6 heteroatoms. The minimum absolute atomic E-state index is 0.0262. The summed E-state index contributed by atoms with van der Waals surface area (Å²) in [7, 11) is 1.66. The fourth-order valence-corrected chi connectivity index (χ4v) is 5.66. The van der Waals surface area contributed by atoms with E-state index in [4.69, 9.17) is 4.74 Å². The van der Waals surface area contributed by atoms with Crippen LogP contribution in [-0.2, 0) is 21.5 Å². The number of carbonyl (C=O) groups is 2. The van der Waals surface area contributed by atoms with Gasteiger partial charge < -0.3 is 19.5 Å². The number of aromatic amines is 1. The van der Waals surface area contributed by atoms with Crippen molar-refractivity contribution >= 4 is 28.4 Å². The van der Waals surface area contributed by atoms with Crippen molar-refractivity contribution in [1.82, 2.24) is 9.88 Å². The van der Waals surface area contributed by atoms with Crippen LogP contribution in [0.25, 0.3) is 10.9 Å². The number of amides is 2. The van der Waals surface area contributed by atoms with E-state index in [1.807, 2.05) is 59.2 Å². The normalized spacial score (nSPS) is 19.3. The van der Waals surface area contributed by atoms with Gasteiger partial charge in [0.05, 0.1) is 18.5 Å².